The van der Waals surface area contributed by atoms with Gasteiger partial charge in [-0.25, -0.2) is 4.39 Å². The first kappa shape index (κ1) is 10.9. The molecule has 1 unspecified atom stereocenters. The first-order chi connectivity index (χ1) is 7.20. The largest absolute Gasteiger partial charge is 0.398 e. The Morgan fingerprint density at radius 1 is 1.40 bits per heavy atom. The van der Waals surface area contributed by atoms with Crippen LogP contribution in [-0.2, 0) is 4.74 Å². The van der Waals surface area contributed by atoms with Crippen molar-refractivity contribution in [3.63, 3.8) is 0 Å². The molecule has 2 nitrogen and oxygen atoms in total. The Balaban J connectivity index is 2.36. The minimum atomic E-state index is -0.290. The molecule has 1 aliphatic heterocycles. The van der Waals surface area contributed by atoms with Crippen LogP contribution in [0.1, 0.15) is 30.9 Å². The van der Waals surface area contributed by atoms with E-state index in [2.05, 4.69) is 15.9 Å². The summed E-state index contributed by atoms with van der Waals surface area (Å²) in [5.41, 5.74) is 6.76. The van der Waals surface area contributed by atoms with Crippen molar-refractivity contribution in [2.45, 2.75) is 25.4 Å². The maximum Gasteiger partial charge on any atom is 0.145 e. The maximum absolute atomic E-state index is 13.8. The Hall–Kier alpha value is -0.610. The molecule has 1 aromatic rings. The summed E-state index contributed by atoms with van der Waals surface area (Å²) in [6, 6.07) is 3.33. The van der Waals surface area contributed by atoms with Gasteiger partial charge in [-0.2, -0.15) is 0 Å². The summed E-state index contributed by atoms with van der Waals surface area (Å²) in [6.07, 6.45) is 2.77. The van der Waals surface area contributed by atoms with Gasteiger partial charge < -0.3 is 10.5 Å². The molecule has 0 spiro atoms. The Morgan fingerprint density at radius 2 is 2.20 bits per heavy atom. The topological polar surface area (TPSA) is 35.2 Å². The van der Waals surface area contributed by atoms with Gasteiger partial charge in [-0.05, 0) is 47.3 Å². The van der Waals surface area contributed by atoms with Crippen LogP contribution in [0.15, 0.2) is 16.6 Å². The Morgan fingerprint density at radius 3 is 2.87 bits per heavy atom. The first-order valence-electron chi connectivity index (χ1n) is 5.05. The van der Waals surface area contributed by atoms with E-state index in [-0.39, 0.29) is 11.9 Å². The SMILES string of the molecule is Nc1ccc(Br)c(F)c1C1CCCCO1. The van der Waals surface area contributed by atoms with Crippen molar-refractivity contribution in [3.05, 3.63) is 28.0 Å². The predicted octanol–water partition coefficient (Wildman–Crippen LogP) is 3.41. The van der Waals surface area contributed by atoms with Crippen LogP contribution in [0.5, 0.6) is 0 Å². The van der Waals surface area contributed by atoms with Gasteiger partial charge in [0.05, 0.1) is 10.6 Å². The van der Waals surface area contributed by atoms with E-state index in [0.717, 1.165) is 19.3 Å². The molecule has 82 valence electrons. The van der Waals surface area contributed by atoms with Gasteiger partial charge >= 0.3 is 0 Å². The van der Waals surface area contributed by atoms with Gasteiger partial charge in [0.2, 0.25) is 0 Å². The van der Waals surface area contributed by atoms with Crippen LogP contribution in [0, 0.1) is 5.82 Å². The lowest BCUT2D eigenvalue weighted by Gasteiger charge is -2.24. The van der Waals surface area contributed by atoms with Crippen molar-refractivity contribution in [3.8, 4) is 0 Å². The van der Waals surface area contributed by atoms with E-state index in [4.69, 9.17) is 10.5 Å². The summed E-state index contributed by atoms with van der Waals surface area (Å²) in [5, 5.41) is 0. The zero-order chi connectivity index (χ0) is 10.8. The number of hydrogen-bond donors (Lipinski definition) is 1. The molecule has 2 rings (SSSR count). The van der Waals surface area contributed by atoms with Crippen molar-refractivity contribution in [2.24, 2.45) is 0 Å². The molecule has 1 atom stereocenters. The summed E-state index contributed by atoms with van der Waals surface area (Å²) in [5.74, 6) is -0.290. The Bertz CT molecular complexity index is 364. The van der Waals surface area contributed by atoms with E-state index in [1.165, 1.54) is 0 Å². The highest BCUT2D eigenvalue weighted by Crippen LogP contribution is 2.35. The van der Waals surface area contributed by atoms with Crippen LogP contribution in [-0.4, -0.2) is 6.61 Å². The van der Waals surface area contributed by atoms with Crippen LogP contribution >= 0.6 is 15.9 Å². The van der Waals surface area contributed by atoms with Gasteiger partial charge in [-0.15, -0.1) is 0 Å². The van der Waals surface area contributed by atoms with Gasteiger partial charge in [-0.3, -0.25) is 0 Å². The third-order valence-corrected chi connectivity index (χ3v) is 3.28. The average Bonchev–Trinajstić information content (AvgIpc) is 2.26. The van der Waals surface area contributed by atoms with E-state index >= 15 is 0 Å². The van der Waals surface area contributed by atoms with Crippen molar-refractivity contribution in [1.82, 2.24) is 0 Å². The van der Waals surface area contributed by atoms with Crippen LogP contribution in [0.2, 0.25) is 0 Å². The van der Waals surface area contributed by atoms with Gasteiger partial charge in [0.15, 0.2) is 0 Å². The predicted molar refractivity (Wildman–Crippen MR) is 61.1 cm³/mol. The van der Waals surface area contributed by atoms with Crippen molar-refractivity contribution >= 4 is 21.6 Å². The van der Waals surface area contributed by atoms with E-state index in [0.29, 0.717) is 22.3 Å². The lowest BCUT2D eigenvalue weighted by Crippen LogP contribution is -2.15. The molecule has 0 amide bonds. The van der Waals surface area contributed by atoms with E-state index in [1.54, 1.807) is 12.1 Å². The number of rotatable bonds is 1. The molecule has 2 N–H and O–H groups in total. The Kier molecular flexibility index (Phi) is 3.26. The molecule has 0 bridgehead atoms. The number of anilines is 1. The number of ether oxygens (including phenoxy) is 1. The van der Waals surface area contributed by atoms with Crippen LogP contribution in [0.3, 0.4) is 0 Å². The maximum atomic E-state index is 13.8. The highest BCUT2D eigenvalue weighted by atomic mass is 79.9. The number of halogens is 2. The number of nitrogen functional groups attached to an aromatic ring is 1. The fraction of sp³-hybridized carbons (Fsp3) is 0.455. The molecule has 0 aliphatic carbocycles. The first-order valence-corrected chi connectivity index (χ1v) is 5.84. The average molecular weight is 274 g/mol. The smallest absolute Gasteiger partial charge is 0.145 e. The van der Waals surface area contributed by atoms with Gasteiger partial charge in [-0.1, -0.05) is 0 Å². The van der Waals surface area contributed by atoms with Crippen LogP contribution in [0.4, 0.5) is 10.1 Å². The second-order valence-electron chi connectivity index (χ2n) is 3.72. The number of hydrogen-bond acceptors (Lipinski definition) is 2. The highest BCUT2D eigenvalue weighted by Gasteiger charge is 2.23. The summed E-state index contributed by atoms with van der Waals surface area (Å²) in [4.78, 5) is 0. The third kappa shape index (κ3) is 2.16. The molecule has 4 heteroatoms. The summed E-state index contributed by atoms with van der Waals surface area (Å²) >= 11 is 3.16. The Labute approximate surface area is 96.7 Å². The van der Waals surface area contributed by atoms with Crippen molar-refractivity contribution < 1.29 is 9.13 Å². The van der Waals surface area contributed by atoms with Crippen LogP contribution in [0.25, 0.3) is 0 Å². The molecule has 0 radical (unpaired) electrons. The number of benzene rings is 1. The van der Waals surface area contributed by atoms with E-state index in [1.807, 2.05) is 0 Å². The van der Waals surface area contributed by atoms with Crippen molar-refractivity contribution in [1.29, 1.82) is 0 Å². The molecule has 15 heavy (non-hydrogen) atoms. The molecule has 1 heterocycles. The van der Waals surface area contributed by atoms with E-state index in [9.17, 15) is 4.39 Å². The molecular formula is C11H13BrFNO. The second kappa shape index (κ2) is 4.49. The summed E-state index contributed by atoms with van der Waals surface area (Å²) in [7, 11) is 0. The third-order valence-electron chi connectivity index (χ3n) is 2.67. The molecule has 1 aromatic carbocycles. The standard InChI is InChI=1S/C11H13BrFNO/c12-7-4-5-8(14)10(11(7)13)9-3-1-2-6-15-9/h4-5,9H,1-3,6,14H2. The normalized spacial score (nSPS) is 21.6. The molecular weight excluding hydrogens is 261 g/mol. The zero-order valence-electron chi connectivity index (χ0n) is 8.30. The molecule has 0 saturated carbocycles. The van der Waals surface area contributed by atoms with Gasteiger partial charge in [0.1, 0.15) is 5.82 Å². The molecule has 1 saturated heterocycles. The zero-order valence-corrected chi connectivity index (χ0v) is 9.89. The second-order valence-corrected chi connectivity index (χ2v) is 4.57. The number of nitrogens with two attached hydrogens (primary N) is 1. The molecule has 1 aliphatic rings. The minimum absolute atomic E-state index is 0.184. The fourth-order valence-corrected chi connectivity index (χ4v) is 2.22. The quantitative estimate of drug-likeness (QED) is 0.796. The highest BCUT2D eigenvalue weighted by molar-refractivity contribution is 9.10. The lowest BCUT2D eigenvalue weighted by atomic mass is 9.99. The summed E-state index contributed by atoms with van der Waals surface area (Å²) in [6.45, 7) is 0.691. The lowest BCUT2D eigenvalue weighted by molar-refractivity contribution is 0.0133. The van der Waals surface area contributed by atoms with Gasteiger partial charge in [0, 0.05) is 17.9 Å². The van der Waals surface area contributed by atoms with Crippen LogP contribution < -0.4 is 5.73 Å². The summed E-state index contributed by atoms with van der Waals surface area (Å²) < 4.78 is 19.8. The van der Waals surface area contributed by atoms with Gasteiger partial charge in [0.25, 0.3) is 0 Å². The molecule has 1 fully saturated rings. The minimum Gasteiger partial charge on any atom is -0.398 e. The monoisotopic (exact) mass is 273 g/mol. The molecule has 0 aromatic heterocycles. The van der Waals surface area contributed by atoms with Crippen molar-refractivity contribution in [2.75, 3.05) is 12.3 Å². The van der Waals surface area contributed by atoms with E-state index < -0.39 is 0 Å². The fourth-order valence-electron chi connectivity index (χ4n) is 1.88.